The molecule has 1 aromatic heterocycles. The number of carbonyl (C=O) groups is 1. The molecule has 3 rings (SSSR count). The third kappa shape index (κ3) is 3.55. The Labute approximate surface area is 136 Å². The first kappa shape index (κ1) is 15.2. The van der Waals surface area contributed by atoms with Gasteiger partial charge in [0.1, 0.15) is 0 Å². The van der Waals surface area contributed by atoms with E-state index in [9.17, 15) is 9.90 Å². The Morgan fingerprint density at radius 2 is 2.23 bits per heavy atom. The summed E-state index contributed by atoms with van der Waals surface area (Å²) in [5.41, 5.74) is 1.12. The van der Waals surface area contributed by atoms with Crippen molar-refractivity contribution in [3.63, 3.8) is 0 Å². The Hall–Kier alpha value is -1.70. The molecule has 2 aromatic rings. The maximum absolute atomic E-state index is 12.2. The monoisotopic (exact) mass is 364 g/mol. The van der Waals surface area contributed by atoms with Crippen LogP contribution in [0.15, 0.2) is 41.1 Å². The number of anilines is 1. The number of β-amino-alcohol motifs (C(OH)–C–C–N with tert-alkyl or cyclic N) is 1. The van der Waals surface area contributed by atoms with Crippen molar-refractivity contribution in [3.05, 3.63) is 46.7 Å². The van der Waals surface area contributed by atoms with E-state index in [4.69, 9.17) is 0 Å². The van der Waals surface area contributed by atoms with E-state index >= 15 is 0 Å². The number of imidazole rings is 1. The highest BCUT2D eigenvalue weighted by Gasteiger charge is 2.28. The van der Waals surface area contributed by atoms with Gasteiger partial charge >= 0.3 is 0 Å². The number of hydrogen-bond acceptors (Lipinski definition) is 4. The minimum Gasteiger partial charge on any atom is -0.392 e. The summed E-state index contributed by atoms with van der Waals surface area (Å²) in [4.78, 5) is 16.4. The van der Waals surface area contributed by atoms with E-state index in [0.29, 0.717) is 25.5 Å². The second-order valence-corrected chi connectivity index (χ2v) is 6.26. The van der Waals surface area contributed by atoms with Crippen LogP contribution in [0.1, 0.15) is 12.0 Å². The molecule has 116 valence electrons. The van der Waals surface area contributed by atoms with Gasteiger partial charge in [-0.15, -0.1) is 0 Å². The summed E-state index contributed by atoms with van der Waals surface area (Å²) < 4.78 is 2.91. The number of halogens is 1. The quantitative estimate of drug-likeness (QED) is 0.765. The van der Waals surface area contributed by atoms with Crippen LogP contribution in [0.5, 0.6) is 0 Å². The Balaban J connectivity index is 1.67. The van der Waals surface area contributed by atoms with E-state index in [1.54, 1.807) is 6.20 Å². The lowest BCUT2D eigenvalue weighted by Gasteiger charge is -2.12. The van der Waals surface area contributed by atoms with Gasteiger partial charge in [0.25, 0.3) is 0 Å². The van der Waals surface area contributed by atoms with Crippen LogP contribution >= 0.6 is 15.9 Å². The molecular weight excluding hydrogens is 348 g/mol. The van der Waals surface area contributed by atoms with E-state index in [0.717, 1.165) is 10.0 Å². The largest absolute Gasteiger partial charge is 0.392 e. The van der Waals surface area contributed by atoms with Crippen LogP contribution < -0.4 is 10.6 Å². The van der Waals surface area contributed by atoms with Crippen LogP contribution in [0.25, 0.3) is 0 Å². The molecule has 0 saturated carbocycles. The zero-order valence-electron chi connectivity index (χ0n) is 11.9. The molecule has 1 aliphatic heterocycles. The molecule has 0 unspecified atom stereocenters. The fourth-order valence-electron chi connectivity index (χ4n) is 2.46. The van der Waals surface area contributed by atoms with E-state index in [1.807, 2.05) is 35.0 Å². The molecule has 0 bridgehead atoms. The van der Waals surface area contributed by atoms with E-state index < -0.39 is 6.10 Å². The summed E-state index contributed by atoms with van der Waals surface area (Å²) >= 11 is 3.41. The van der Waals surface area contributed by atoms with Gasteiger partial charge in [-0.1, -0.05) is 28.1 Å². The average molecular weight is 365 g/mol. The third-order valence-corrected chi connectivity index (χ3v) is 4.17. The number of benzene rings is 1. The van der Waals surface area contributed by atoms with Crippen molar-refractivity contribution in [2.75, 3.05) is 11.9 Å². The lowest BCUT2D eigenvalue weighted by molar-refractivity contribution is -0.118. The zero-order valence-corrected chi connectivity index (χ0v) is 13.5. The maximum Gasteiger partial charge on any atom is 0.243 e. The third-order valence-electron chi connectivity index (χ3n) is 3.64. The number of nitrogens with zero attached hydrogens (tertiary/aromatic N) is 2. The molecule has 1 saturated heterocycles. The smallest absolute Gasteiger partial charge is 0.243 e. The Morgan fingerprint density at radius 3 is 2.91 bits per heavy atom. The molecule has 6 nitrogen and oxygen atoms in total. The van der Waals surface area contributed by atoms with Crippen LogP contribution in [0.3, 0.4) is 0 Å². The van der Waals surface area contributed by atoms with Gasteiger partial charge in [-0.2, -0.15) is 0 Å². The molecule has 1 fully saturated rings. The minimum atomic E-state index is -0.460. The van der Waals surface area contributed by atoms with Gasteiger partial charge in [-0.25, -0.2) is 4.98 Å². The van der Waals surface area contributed by atoms with Crippen molar-refractivity contribution in [3.8, 4) is 0 Å². The number of nitrogens with one attached hydrogen (secondary N) is 2. The van der Waals surface area contributed by atoms with Gasteiger partial charge in [0.15, 0.2) is 0 Å². The lowest BCUT2D eigenvalue weighted by atomic mass is 10.2. The van der Waals surface area contributed by atoms with Crippen LogP contribution in [0.2, 0.25) is 0 Å². The van der Waals surface area contributed by atoms with Gasteiger partial charge in [0.05, 0.1) is 18.7 Å². The number of aromatic nitrogens is 2. The molecule has 2 heterocycles. The summed E-state index contributed by atoms with van der Waals surface area (Å²) in [6.07, 6.45) is 3.46. The molecule has 22 heavy (non-hydrogen) atoms. The number of carbonyl (C=O) groups excluding carboxylic acids is 1. The maximum atomic E-state index is 12.2. The Morgan fingerprint density at radius 1 is 1.45 bits per heavy atom. The summed E-state index contributed by atoms with van der Waals surface area (Å²) in [5.74, 6) is 0.343. The fraction of sp³-hybridized carbons (Fsp3) is 0.333. The van der Waals surface area contributed by atoms with E-state index in [2.05, 4.69) is 31.5 Å². The zero-order chi connectivity index (χ0) is 15.5. The average Bonchev–Trinajstić information content (AvgIpc) is 3.11. The Bertz CT molecular complexity index is 656. The van der Waals surface area contributed by atoms with E-state index in [-0.39, 0.29) is 11.9 Å². The van der Waals surface area contributed by atoms with Gasteiger partial charge < -0.3 is 15.0 Å². The molecule has 1 amide bonds. The van der Waals surface area contributed by atoms with Crippen molar-refractivity contribution in [2.45, 2.75) is 25.1 Å². The summed E-state index contributed by atoms with van der Waals surface area (Å²) in [7, 11) is 0. The topological polar surface area (TPSA) is 79.2 Å². The van der Waals surface area contributed by atoms with Crippen molar-refractivity contribution >= 4 is 27.8 Å². The van der Waals surface area contributed by atoms with Crippen LogP contribution in [0, 0.1) is 0 Å². The predicted octanol–water partition coefficient (Wildman–Crippen LogP) is 1.36. The number of aliphatic hydroxyl groups excluding tert-OH is 1. The Kier molecular flexibility index (Phi) is 4.56. The van der Waals surface area contributed by atoms with Crippen molar-refractivity contribution in [2.24, 2.45) is 0 Å². The van der Waals surface area contributed by atoms with Crippen molar-refractivity contribution in [1.29, 1.82) is 0 Å². The number of amides is 1. The highest BCUT2D eigenvalue weighted by Crippen LogP contribution is 2.15. The number of rotatable bonds is 4. The molecular formula is C15H17BrN4O2. The molecule has 1 aromatic carbocycles. The second-order valence-electron chi connectivity index (χ2n) is 5.34. The fourth-order valence-corrected chi connectivity index (χ4v) is 2.73. The van der Waals surface area contributed by atoms with E-state index in [1.165, 1.54) is 0 Å². The van der Waals surface area contributed by atoms with Crippen molar-refractivity contribution < 1.29 is 9.90 Å². The highest BCUT2D eigenvalue weighted by atomic mass is 79.9. The summed E-state index contributed by atoms with van der Waals surface area (Å²) in [6, 6.07) is 7.63. The first-order chi connectivity index (χ1) is 10.6. The molecule has 7 heteroatoms. The van der Waals surface area contributed by atoms with Gasteiger partial charge in [0, 0.05) is 23.4 Å². The van der Waals surface area contributed by atoms with Gasteiger partial charge in [-0.3, -0.25) is 10.1 Å². The number of hydrogen-bond donors (Lipinski definition) is 3. The minimum absolute atomic E-state index is 0.167. The van der Waals surface area contributed by atoms with Crippen molar-refractivity contribution in [1.82, 2.24) is 14.9 Å². The first-order valence-corrected chi connectivity index (χ1v) is 7.89. The summed E-state index contributed by atoms with van der Waals surface area (Å²) in [5, 5.41) is 15.3. The standard InChI is InChI=1S/C15H17BrN4O2/c16-11-3-1-10(2-4-11)9-20-6-5-17-15(20)19-14(22)13-7-12(21)8-18-13/h1-6,12-13,18,21H,7-9H2,(H,17,19,22)/t12-,13+/m0/s1. The molecule has 0 radical (unpaired) electrons. The normalized spacial score (nSPS) is 21.0. The van der Waals surface area contributed by atoms with Gasteiger partial charge in [0.2, 0.25) is 11.9 Å². The first-order valence-electron chi connectivity index (χ1n) is 7.10. The highest BCUT2D eigenvalue weighted by molar-refractivity contribution is 9.10. The molecule has 0 spiro atoms. The number of aliphatic hydroxyl groups is 1. The molecule has 2 atom stereocenters. The van der Waals surface area contributed by atoms with Gasteiger partial charge in [-0.05, 0) is 24.1 Å². The lowest BCUT2D eigenvalue weighted by Crippen LogP contribution is -2.36. The predicted molar refractivity (Wildman–Crippen MR) is 86.5 cm³/mol. The van der Waals surface area contributed by atoms with Crippen LogP contribution in [-0.4, -0.2) is 39.3 Å². The molecule has 3 N–H and O–H groups in total. The molecule has 0 aliphatic carbocycles. The second kappa shape index (κ2) is 6.60. The molecule has 1 aliphatic rings. The summed E-state index contributed by atoms with van der Waals surface area (Å²) in [6.45, 7) is 1.08. The van der Waals surface area contributed by atoms with Crippen LogP contribution in [0.4, 0.5) is 5.95 Å². The SMILES string of the molecule is O=C(Nc1nccn1Cc1ccc(Br)cc1)[C@H]1C[C@H](O)CN1. The van der Waals surface area contributed by atoms with Crippen LogP contribution in [-0.2, 0) is 11.3 Å².